The predicted octanol–water partition coefficient (Wildman–Crippen LogP) is 5.88. The van der Waals surface area contributed by atoms with Crippen molar-refractivity contribution in [3.05, 3.63) is 66.2 Å². The maximum Gasteiger partial charge on any atom is 0.263 e. The Labute approximate surface area is 290 Å². The number of halogens is 1. The molecule has 0 bridgehead atoms. The van der Waals surface area contributed by atoms with E-state index in [1.165, 1.54) is 30.6 Å². The quantitative estimate of drug-likeness (QED) is 0.219. The average molecular weight is 673 g/mol. The molecule has 1 N–H and O–H groups in total. The number of anilines is 2. The standard InChI is InChI=1S/C34H38N6O4S.ClH/c1-23-8-10-26(21-35-23)45(42,43)38-29-19-25(20-37-32(29)44-17-7-16-40-14-4-3-5-15-40)24-9-11-28-27(18-24)31-30(22-36-28)39(2)33(41)34(31)12-6-13-34;/h8-11,18-22,38H,3-7,12-17H2,1-2H3;1H/i3D2,4D2,5D2,14D2,15D2;. The number of piperidine rings is 1. The number of nitrogens with zero attached hydrogens (tertiary/aromatic N) is 5. The molecule has 3 aromatic heterocycles. The van der Waals surface area contributed by atoms with E-state index in [9.17, 15) is 13.2 Å². The SMILES string of the molecule is Cl.[2H]C1([2H])N(CCCOc2ncc(-c3ccc4ncc5c(c4c3)C3(CCC3)C(=O)N5C)cc2NS(=O)(=O)c2ccc(C)nc2)C([2H])([2H])C([2H])([2H])C([2H])([2H])C1([2H])[2H]. The predicted molar refractivity (Wildman–Crippen MR) is 181 cm³/mol. The fourth-order valence-electron chi connectivity index (χ4n) is 6.02. The number of ether oxygens (including phenoxy) is 1. The van der Waals surface area contributed by atoms with Gasteiger partial charge in [-0.1, -0.05) is 18.9 Å². The van der Waals surface area contributed by atoms with Gasteiger partial charge in [-0.05, 0) is 87.8 Å². The Kier molecular flexibility index (Phi) is 6.08. The highest BCUT2D eigenvalue weighted by molar-refractivity contribution is 7.92. The molecule has 242 valence electrons. The number of sulfonamides is 1. The minimum Gasteiger partial charge on any atom is -0.476 e. The Bertz CT molecular complexity index is 2300. The lowest BCUT2D eigenvalue weighted by atomic mass is 9.64. The van der Waals surface area contributed by atoms with E-state index in [0.717, 1.165) is 35.9 Å². The number of fused-ring (bicyclic) bond motifs is 4. The molecular formula is C34H39ClN6O4S. The molecular weight excluding hydrogens is 624 g/mol. The van der Waals surface area contributed by atoms with Crippen molar-refractivity contribution < 1.29 is 31.7 Å². The lowest BCUT2D eigenvalue weighted by molar-refractivity contribution is -0.125. The van der Waals surface area contributed by atoms with Crippen LogP contribution in [0.2, 0.25) is 0 Å². The van der Waals surface area contributed by atoms with Gasteiger partial charge < -0.3 is 14.5 Å². The minimum atomic E-state index is -4.25. The van der Waals surface area contributed by atoms with Crippen molar-refractivity contribution in [3.63, 3.8) is 0 Å². The third-order valence-electron chi connectivity index (χ3n) is 8.50. The van der Waals surface area contributed by atoms with Crippen molar-refractivity contribution in [1.82, 2.24) is 19.9 Å². The largest absolute Gasteiger partial charge is 0.476 e. The fraction of sp³-hybridized carbons (Fsp3) is 0.412. The van der Waals surface area contributed by atoms with Gasteiger partial charge in [-0.2, -0.15) is 0 Å². The van der Waals surface area contributed by atoms with Gasteiger partial charge in [0, 0.05) is 61.9 Å². The van der Waals surface area contributed by atoms with E-state index in [0.29, 0.717) is 27.2 Å². The molecule has 2 fully saturated rings. The highest BCUT2D eigenvalue weighted by atomic mass is 35.5. The van der Waals surface area contributed by atoms with E-state index in [1.807, 2.05) is 12.1 Å². The highest BCUT2D eigenvalue weighted by Gasteiger charge is 2.54. The van der Waals surface area contributed by atoms with Crippen molar-refractivity contribution in [1.29, 1.82) is 0 Å². The Morgan fingerprint density at radius 1 is 1.00 bits per heavy atom. The molecule has 3 aliphatic rings. The van der Waals surface area contributed by atoms with E-state index >= 15 is 0 Å². The van der Waals surface area contributed by atoms with Crippen LogP contribution in [0.1, 0.15) is 69.8 Å². The molecule has 1 amide bonds. The van der Waals surface area contributed by atoms with Gasteiger partial charge in [-0.25, -0.2) is 13.4 Å². The Morgan fingerprint density at radius 3 is 2.52 bits per heavy atom. The topological polar surface area (TPSA) is 118 Å². The van der Waals surface area contributed by atoms with Gasteiger partial charge in [0.15, 0.2) is 0 Å². The molecule has 4 aromatic rings. The van der Waals surface area contributed by atoms with E-state index in [4.69, 9.17) is 18.4 Å². The van der Waals surface area contributed by atoms with Crippen LogP contribution in [0, 0.1) is 6.92 Å². The summed E-state index contributed by atoms with van der Waals surface area (Å²) >= 11 is 0. The maximum absolute atomic E-state index is 13.6. The lowest BCUT2D eigenvalue weighted by Gasteiger charge is -2.37. The van der Waals surface area contributed by atoms with E-state index < -0.39 is 54.1 Å². The number of pyridine rings is 3. The third kappa shape index (κ3) is 5.80. The zero-order valence-electron chi connectivity index (χ0n) is 35.1. The molecule has 0 atom stereocenters. The highest BCUT2D eigenvalue weighted by Crippen LogP contribution is 2.55. The number of rotatable bonds is 9. The van der Waals surface area contributed by atoms with Crippen molar-refractivity contribution in [2.45, 2.75) is 62.0 Å². The zero-order valence-corrected chi connectivity index (χ0v) is 26.8. The summed E-state index contributed by atoms with van der Waals surface area (Å²) in [5.74, 6) is -0.159. The molecule has 46 heavy (non-hydrogen) atoms. The number of aromatic nitrogens is 3. The minimum absolute atomic E-state index is 0. The lowest BCUT2D eigenvalue weighted by Crippen LogP contribution is -2.43. The van der Waals surface area contributed by atoms with Gasteiger partial charge in [-0.15, -0.1) is 12.4 Å². The number of amides is 1. The Balaban J connectivity index is 0.00000532. The summed E-state index contributed by atoms with van der Waals surface area (Å²) in [6, 6.07) is 9.95. The molecule has 12 heteroatoms. The maximum atomic E-state index is 13.6. The monoisotopic (exact) mass is 672 g/mol. The molecule has 5 heterocycles. The van der Waals surface area contributed by atoms with Crippen LogP contribution < -0.4 is 14.4 Å². The summed E-state index contributed by atoms with van der Waals surface area (Å²) < 4.78 is 118. The van der Waals surface area contributed by atoms with Crippen LogP contribution in [-0.2, 0) is 20.2 Å². The first-order chi connectivity index (χ1) is 25.5. The molecule has 1 spiro atoms. The van der Waals surface area contributed by atoms with Gasteiger partial charge in [0.25, 0.3) is 10.0 Å². The van der Waals surface area contributed by atoms with Gasteiger partial charge in [-0.3, -0.25) is 19.5 Å². The third-order valence-corrected chi connectivity index (χ3v) is 9.85. The number of carbonyl (C=O) groups is 1. The zero-order chi connectivity index (χ0) is 40.1. The van der Waals surface area contributed by atoms with Crippen molar-refractivity contribution in [2.75, 3.05) is 42.8 Å². The van der Waals surface area contributed by atoms with E-state index in [-0.39, 0.29) is 47.8 Å². The van der Waals surface area contributed by atoms with Crippen LogP contribution in [-0.4, -0.2) is 67.4 Å². The van der Waals surface area contributed by atoms with Gasteiger partial charge in [0.1, 0.15) is 10.6 Å². The molecule has 0 radical (unpaired) electrons. The van der Waals surface area contributed by atoms with E-state index in [1.54, 1.807) is 31.1 Å². The molecule has 0 unspecified atom stereocenters. The van der Waals surface area contributed by atoms with Crippen LogP contribution >= 0.6 is 12.4 Å². The molecule has 2 aliphatic heterocycles. The second-order valence-electron chi connectivity index (χ2n) is 11.3. The summed E-state index contributed by atoms with van der Waals surface area (Å²) in [4.78, 5) is 28.3. The number of hydrogen-bond acceptors (Lipinski definition) is 8. The number of nitrogens with one attached hydrogen (secondary N) is 1. The number of hydrogen-bond donors (Lipinski definition) is 1. The first kappa shape index (κ1) is 21.9. The Morgan fingerprint density at radius 2 is 1.80 bits per heavy atom. The van der Waals surface area contributed by atoms with Crippen molar-refractivity contribution >= 4 is 50.6 Å². The number of likely N-dealkylation sites (N-methyl/N-ethyl adjacent to an activating group) is 1. The summed E-state index contributed by atoms with van der Waals surface area (Å²) in [5, 5.41) is 0.792. The molecule has 1 aliphatic carbocycles. The van der Waals surface area contributed by atoms with Crippen LogP contribution in [0.3, 0.4) is 0 Å². The first-order valence-electron chi connectivity index (χ1n) is 19.6. The molecule has 7 rings (SSSR count). The number of likely N-dealkylation sites (tertiary alicyclic amines) is 1. The van der Waals surface area contributed by atoms with Gasteiger partial charge in [0.05, 0.1) is 29.4 Å². The van der Waals surface area contributed by atoms with Crippen molar-refractivity contribution in [2.24, 2.45) is 0 Å². The van der Waals surface area contributed by atoms with Crippen molar-refractivity contribution in [3.8, 4) is 17.0 Å². The van der Waals surface area contributed by atoms with E-state index in [2.05, 4.69) is 19.7 Å². The number of carbonyl (C=O) groups excluding carboxylic acids is 1. The summed E-state index contributed by atoms with van der Waals surface area (Å²) in [6.07, 6.45) is -3.91. The molecule has 1 saturated carbocycles. The van der Waals surface area contributed by atoms with Crippen LogP contribution in [0.25, 0.3) is 22.0 Å². The molecule has 1 aromatic carbocycles. The normalized spacial score (nSPS) is 26.1. The first-order valence-corrected chi connectivity index (χ1v) is 16.1. The van der Waals surface area contributed by atoms with Gasteiger partial charge in [0.2, 0.25) is 11.8 Å². The fourth-order valence-corrected chi connectivity index (χ4v) is 7.01. The van der Waals surface area contributed by atoms with Crippen LogP contribution in [0.5, 0.6) is 5.88 Å². The number of benzene rings is 1. The molecule has 1 saturated heterocycles. The smallest absolute Gasteiger partial charge is 0.263 e. The van der Waals surface area contributed by atoms with Crippen LogP contribution in [0.4, 0.5) is 11.4 Å². The Hall–Kier alpha value is -3.80. The number of aryl methyl sites for hydroxylation is 1. The summed E-state index contributed by atoms with van der Waals surface area (Å²) in [5.41, 5.74) is 3.38. The average Bonchev–Trinajstić information content (AvgIpc) is 3.34. The van der Waals surface area contributed by atoms with Gasteiger partial charge >= 0.3 is 0 Å². The molecule has 10 nitrogen and oxygen atoms in total. The second-order valence-corrected chi connectivity index (χ2v) is 13.0. The summed E-state index contributed by atoms with van der Waals surface area (Å²) in [6.45, 7) is -5.77. The van der Waals surface area contributed by atoms with Crippen LogP contribution in [0.15, 0.2) is 59.9 Å². The summed E-state index contributed by atoms with van der Waals surface area (Å²) in [7, 11) is -2.50. The second kappa shape index (κ2) is 12.8.